The molecule has 0 unspecified atom stereocenters. The number of amides is 1. The number of aromatic nitrogens is 1. The van der Waals surface area contributed by atoms with E-state index in [1.807, 2.05) is 33.7 Å². The van der Waals surface area contributed by atoms with E-state index in [2.05, 4.69) is 0 Å². The Morgan fingerprint density at radius 3 is 2.78 bits per heavy atom. The van der Waals surface area contributed by atoms with E-state index in [0.717, 1.165) is 30.3 Å². The lowest BCUT2D eigenvalue weighted by atomic mass is 9.95. The summed E-state index contributed by atoms with van der Waals surface area (Å²) in [6.45, 7) is 0.824. The van der Waals surface area contributed by atoms with Crippen molar-refractivity contribution in [1.29, 1.82) is 0 Å². The van der Waals surface area contributed by atoms with Gasteiger partial charge in [-0.1, -0.05) is 24.3 Å². The third-order valence-corrected chi connectivity index (χ3v) is 5.25. The summed E-state index contributed by atoms with van der Waals surface area (Å²) in [6.07, 6.45) is 4.47. The number of pyridine rings is 1. The van der Waals surface area contributed by atoms with Gasteiger partial charge in [0, 0.05) is 24.2 Å². The maximum Gasteiger partial charge on any atom is 0.243 e. The van der Waals surface area contributed by atoms with E-state index in [0.29, 0.717) is 11.9 Å². The summed E-state index contributed by atoms with van der Waals surface area (Å²) in [5.74, 6) is -0.297. The number of hydrogen-bond donors (Lipinski definition) is 0. The van der Waals surface area contributed by atoms with Crippen LogP contribution in [0.2, 0.25) is 0 Å². The van der Waals surface area contributed by atoms with Crippen LogP contribution in [0, 0.1) is 5.82 Å². The first-order valence-corrected chi connectivity index (χ1v) is 9.26. The van der Waals surface area contributed by atoms with Gasteiger partial charge in [-0.15, -0.1) is 0 Å². The van der Waals surface area contributed by atoms with Crippen molar-refractivity contribution in [3.8, 4) is 0 Å². The predicted molar refractivity (Wildman–Crippen MR) is 103 cm³/mol. The number of carbonyl (C=O) groups excluding carboxylic acids is 1. The number of nitrogens with zero attached hydrogens (tertiary/aromatic N) is 2. The molecule has 1 aliphatic rings. The number of halogens is 1. The molecule has 1 aromatic heterocycles. The second-order valence-electron chi connectivity index (χ2n) is 6.98. The number of hydrogen-bond acceptors (Lipinski definition) is 2. The van der Waals surface area contributed by atoms with Gasteiger partial charge in [-0.2, -0.15) is 0 Å². The first-order chi connectivity index (χ1) is 13.1. The number of likely N-dealkylation sites (tertiary alicyclic amines) is 1. The smallest absolute Gasteiger partial charge is 0.243 e. The van der Waals surface area contributed by atoms with Crippen molar-refractivity contribution in [3.63, 3.8) is 0 Å². The molecular formula is C22H21FN2O2. The van der Waals surface area contributed by atoms with Crippen LogP contribution < -0.4 is 5.43 Å². The summed E-state index contributed by atoms with van der Waals surface area (Å²) in [6, 6.07) is 15.2. The molecule has 3 aromatic rings. The molecule has 0 radical (unpaired) electrons. The van der Waals surface area contributed by atoms with Crippen molar-refractivity contribution < 1.29 is 9.18 Å². The van der Waals surface area contributed by atoms with Crippen molar-refractivity contribution in [2.75, 3.05) is 6.54 Å². The minimum absolute atomic E-state index is 0.0160. The first-order valence-electron chi connectivity index (χ1n) is 9.26. The first kappa shape index (κ1) is 17.5. The van der Waals surface area contributed by atoms with Gasteiger partial charge in [0.15, 0.2) is 5.43 Å². The van der Waals surface area contributed by atoms with Crippen LogP contribution in [0.15, 0.2) is 65.6 Å². The third-order valence-electron chi connectivity index (χ3n) is 5.25. The molecule has 0 bridgehead atoms. The van der Waals surface area contributed by atoms with Crippen LogP contribution in [0.25, 0.3) is 10.9 Å². The molecule has 27 heavy (non-hydrogen) atoms. The number of carbonyl (C=O) groups is 1. The van der Waals surface area contributed by atoms with Crippen LogP contribution in [-0.4, -0.2) is 21.9 Å². The van der Waals surface area contributed by atoms with Gasteiger partial charge in [0.1, 0.15) is 12.4 Å². The maximum absolute atomic E-state index is 13.7. The van der Waals surface area contributed by atoms with Crippen molar-refractivity contribution in [2.24, 2.45) is 0 Å². The molecule has 0 spiro atoms. The quantitative estimate of drug-likeness (QED) is 0.707. The van der Waals surface area contributed by atoms with Crippen molar-refractivity contribution in [3.05, 3.63) is 82.4 Å². The molecule has 1 aliphatic heterocycles. The Morgan fingerprint density at radius 2 is 1.93 bits per heavy atom. The van der Waals surface area contributed by atoms with Crippen molar-refractivity contribution in [1.82, 2.24) is 9.47 Å². The number of benzene rings is 2. The number of para-hydroxylation sites is 1. The van der Waals surface area contributed by atoms with E-state index >= 15 is 0 Å². The fourth-order valence-electron chi connectivity index (χ4n) is 3.93. The second kappa shape index (κ2) is 7.35. The van der Waals surface area contributed by atoms with E-state index < -0.39 is 0 Å². The van der Waals surface area contributed by atoms with Gasteiger partial charge in [0.2, 0.25) is 5.91 Å². The number of rotatable bonds is 3. The number of fused-ring (bicyclic) bond motifs is 1. The highest BCUT2D eigenvalue weighted by Gasteiger charge is 2.28. The second-order valence-corrected chi connectivity index (χ2v) is 6.98. The summed E-state index contributed by atoms with van der Waals surface area (Å²) in [7, 11) is 0. The normalized spacial score (nSPS) is 17.2. The van der Waals surface area contributed by atoms with Gasteiger partial charge in [0.25, 0.3) is 0 Å². The largest absolute Gasteiger partial charge is 0.338 e. The van der Waals surface area contributed by atoms with Gasteiger partial charge >= 0.3 is 0 Å². The molecule has 2 heterocycles. The fourth-order valence-corrected chi connectivity index (χ4v) is 3.93. The molecule has 5 heteroatoms. The minimum atomic E-state index is -0.281. The maximum atomic E-state index is 13.7. The molecule has 0 aliphatic carbocycles. The summed E-state index contributed by atoms with van der Waals surface area (Å²) in [4.78, 5) is 27.0. The Balaban J connectivity index is 1.64. The zero-order valence-electron chi connectivity index (χ0n) is 15.0. The average molecular weight is 364 g/mol. The fraction of sp³-hybridized carbons (Fsp3) is 0.273. The van der Waals surface area contributed by atoms with Crippen LogP contribution in [-0.2, 0) is 11.3 Å². The Morgan fingerprint density at radius 1 is 1.07 bits per heavy atom. The van der Waals surface area contributed by atoms with Crippen LogP contribution in [0.1, 0.15) is 30.9 Å². The summed E-state index contributed by atoms with van der Waals surface area (Å²) in [5.41, 5.74) is 1.54. The Kier molecular flexibility index (Phi) is 4.75. The molecule has 1 atom stereocenters. The van der Waals surface area contributed by atoms with E-state index in [4.69, 9.17) is 0 Å². The van der Waals surface area contributed by atoms with Crippen LogP contribution in [0.5, 0.6) is 0 Å². The van der Waals surface area contributed by atoms with Crippen LogP contribution >= 0.6 is 0 Å². The molecule has 4 rings (SSSR count). The SMILES string of the molecule is O=C(Cn1ccc(=O)c2ccccc21)N1CCCC[C@H]1c1cccc(F)c1. The lowest BCUT2D eigenvalue weighted by Gasteiger charge is -2.36. The molecule has 0 N–H and O–H groups in total. The summed E-state index contributed by atoms with van der Waals surface area (Å²) in [5, 5.41) is 0.605. The molecule has 0 saturated carbocycles. The average Bonchev–Trinajstić information content (AvgIpc) is 2.70. The Hall–Kier alpha value is -2.95. The van der Waals surface area contributed by atoms with Gasteiger partial charge < -0.3 is 9.47 Å². The third kappa shape index (κ3) is 3.50. The number of piperidine rings is 1. The standard InChI is InChI=1S/C22H21FN2O2/c23-17-7-5-6-16(14-17)19-9-3-4-12-25(19)22(27)15-24-13-11-21(26)18-8-1-2-10-20(18)24/h1-2,5-8,10-11,13-14,19H,3-4,9,12,15H2/t19-/m0/s1. The van der Waals surface area contributed by atoms with Crippen molar-refractivity contribution >= 4 is 16.8 Å². The van der Waals surface area contributed by atoms with Crippen LogP contribution in [0.3, 0.4) is 0 Å². The lowest BCUT2D eigenvalue weighted by molar-refractivity contribution is -0.135. The summed E-state index contributed by atoms with van der Waals surface area (Å²) >= 11 is 0. The highest BCUT2D eigenvalue weighted by Crippen LogP contribution is 2.31. The van der Waals surface area contributed by atoms with Gasteiger partial charge in [-0.25, -0.2) is 4.39 Å². The minimum Gasteiger partial charge on any atom is -0.338 e. The van der Waals surface area contributed by atoms with E-state index in [-0.39, 0.29) is 29.7 Å². The molecule has 1 saturated heterocycles. The molecule has 138 valence electrons. The zero-order chi connectivity index (χ0) is 18.8. The molecule has 1 amide bonds. The molecule has 4 nitrogen and oxygen atoms in total. The Labute approximate surface area is 156 Å². The van der Waals surface area contributed by atoms with E-state index in [1.165, 1.54) is 18.2 Å². The highest BCUT2D eigenvalue weighted by atomic mass is 19.1. The van der Waals surface area contributed by atoms with Crippen molar-refractivity contribution in [2.45, 2.75) is 31.8 Å². The molecule has 2 aromatic carbocycles. The zero-order valence-corrected chi connectivity index (χ0v) is 15.0. The monoisotopic (exact) mass is 364 g/mol. The topological polar surface area (TPSA) is 42.3 Å². The lowest BCUT2D eigenvalue weighted by Crippen LogP contribution is -2.40. The highest BCUT2D eigenvalue weighted by molar-refractivity contribution is 5.82. The summed E-state index contributed by atoms with van der Waals surface area (Å²) < 4.78 is 15.5. The molecule has 1 fully saturated rings. The predicted octanol–water partition coefficient (Wildman–Crippen LogP) is 3.89. The van der Waals surface area contributed by atoms with E-state index in [1.54, 1.807) is 18.3 Å². The van der Waals surface area contributed by atoms with Gasteiger partial charge in [0.05, 0.1) is 11.6 Å². The van der Waals surface area contributed by atoms with Crippen LogP contribution in [0.4, 0.5) is 4.39 Å². The van der Waals surface area contributed by atoms with Gasteiger partial charge in [-0.3, -0.25) is 9.59 Å². The van der Waals surface area contributed by atoms with Gasteiger partial charge in [-0.05, 0) is 49.1 Å². The Bertz CT molecular complexity index is 1040. The van der Waals surface area contributed by atoms with E-state index in [9.17, 15) is 14.0 Å². The molecular weight excluding hydrogens is 343 g/mol.